The van der Waals surface area contributed by atoms with E-state index >= 15 is 0 Å². The van der Waals surface area contributed by atoms with Crippen molar-refractivity contribution in [2.75, 3.05) is 19.8 Å². The summed E-state index contributed by atoms with van der Waals surface area (Å²) in [6.07, 6.45) is 2.16. The Bertz CT molecular complexity index is 328. The number of hydrogen-bond acceptors (Lipinski definition) is 2. The number of halogens is 1. The minimum atomic E-state index is 0.805. The van der Waals surface area contributed by atoms with Crippen LogP contribution in [0.4, 0.5) is 0 Å². The predicted molar refractivity (Wildman–Crippen MR) is 73.6 cm³/mol. The quantitative estimate of drug-likeness (QED) is 0.718. The van der Waals surface area contributed by atoms with Crippen LogP contribution >= 0.6 is 11.6 Å². The average Bonchev–Trinajstić information content (AvgIpc) is 2.30. The largest absolute Gasteiger partial charge is 0.381 e. The monoisotopic (exact) mass is 255 g/mol. The van der Waals surface area contributed by atoms with Crippen molar-refractivity contribution in [1.29, 1.82) is 0 Å². The molecule has 0 bridgehead atoms. The summed E-state index contributed by atoms with van der Waals surface area (Å²) >= 11 is 5.91. The number of aryl methyl sites for hydroxylation is 1. The zero-order valence-corrected chi connectivity index (χ0v) is 11.5. The van der Waals surface area contributed by atoms with Crippen molar-refractivity contribution in [1.82, 2.24) is 5.32 Å². The predicted octanol–water partition coefficient (Wildman–Crippen LogP) is 3.55. The van der Waals surface area contributed by atoms with Gasteiger partial charge in [-0.2, -0.15) is 0 Å². The third-order valence-corrected chi connectivity index (χ3v) is 2.85. The van der Waals surface area contributed by atoms with Crippen molar-refractivity contribution in [2.24, 2.45) is 0 Å². The fraction of sp³-hybridized carbons (Fsp3) is 0.571. The lowest BCUT2D eigenvalue weighted by Crippen LogP contribution is -2.17. The first-order chi connectivity index (χ1) is 8.24. The van der Waals surface area contributed by atoms with Crippen LogP contribution in [0, 0.1) is 6.92 Å². The van der Waals surface area contributed by atoms with Gasteiger partial charge < -0.3 is 10.1 Å². The van der Waals surface area contributed by atoms with E-state index in [0.717, 1.165) is 44.2 Å². The molecular weight excluding hydrogens is 234 g/mol. The highest BCUT2D eigenvalue weighted by molar-refractivity contribution is 6.30. The van der Waals surface area contributed by atoms with E-state index in [0.29, 0.717) is 0 Å². The minimum Gasteiger partial charge on any atom is -0.381 e. The van der Waals surface area contributed by atoms with Gasteiger partial charge in [-0.25, -0.2) is 0 Å². The second-order valence-corrected chi connectivity index (χ2v) is 4.65. The summed E-state index contributed by atoms with van der Waals surface area (Å²) in [5, 5.41) is 4.22. The first-order valence-corrected chi connectivity index (χ1v) is 6.65. The molecule has 0 spiro atoms. The molecule has 0 aliphatic rings. The maximum atomic E-state index is 5.91. The van der Waals surface area contributed by atoms with Crippen molar-refractivity contribution in [3.8, 4) is 0 Å². The highest BCUT2D eigenvalue weighted by Gasteiger charge is 1.98. The molecule has 0 aromatic heterocycles. The second-order valence-electron chi connectivity index (χ2n) is 4.21. The second kappa shape index (κ2) is 8.51. The number of hydrogen-bond donors (Lipinski definition) is 1. The molecule has 0 radical (unpaired) electrons. The Morgan fingerprint density at radius 2 is 2.12 bits per heavy atom. The molecule has 17 heavy (non-hydrogen) atoms. The van der Waals surface area contributed by atoms with E-state index in [4.69, 9.17) is 16.3 Å². The molecule has 0 atom stereocenters. The summed E-state index contributed by atoms with van der Waals surface area (Å²) < 4.78 is 5.42. The van der Waals surface area contributed by atoms with Gasteiger partial charge >= 0.3 is 0 Å². The summed E-state index contributed by atoms with van der Waals surface area (Å²) in [6, 6.07) is 6.02. The van der Waals surface area contributed by atoms with Crippen molar-refractivity contribution in [3.05, 3.63) is 34.3 Å². The van der Waals surface area contributed by atoms with Gasteiger partial charge in [0, 0.05) is 24.8 Å². The van der Waals surface area contributed by atoms with Gasteiger partial charge in [0.15, 0.2) is 0 Å². The van der Waals surface area contributed by atoms with Crippen LogP contribution in [-0.4, -0.2) is 19.8 Å². The lowest BCUT2D eigenvalue weighted by molar-refractivity contribution is 0.132. The van der Waals surface area contributed by atoms with Gasteiger partial charge in [-0.05, 0) is 49.6 Å². The Kier molecular flexibility index (Phi) is 7.25. The molecule has 0 aliphatic heterocycles. The molecule has 0 aliphatic carbocycles. The molecule has 0 heterocycles. The highest BCUT2D eigenvalue weighted by atomic mass is 35.5. The molecule has 1 rings (SSSR count). The molecular formula is C14H22ClNO. The SMILES string of the molecule is CCCOCCCNCc1ccc(Cl)cc1C. The minimum absolute atomic E-state index is 0.805. The fourth-order valence-corrected chi connectivity index (χ4v) is 1.85. The molecule has 96 valence electrons. The number of rotatable bonds is 8. The van der Waals surface area contributed by atoms with Crippen LogP contribution < -0.4 is 5.32 Å². The molecule has 1 N–H and O–H groups in total. The maximum absolute atomic E-state index is 5.91. The smallest absolute Gasteiger partial charge is 0.0478 e. The van der Waals surface area contributed by atoms with Crippen molar-refractivity contribution in [2.45, 2.75) is 33.2 Å². The first kappa shape index (κ1) is 14.5. The van der Waals surface area contributed by atoms with Gasteiger partial charge in [-0.3, -0.25) is 0 Å². The van der Waals surface area contributed by atoms with E-state index in [1.807, 2.05) is 12.1 Å². The lowest BCUT2D eigenvalue weighted by Gasteiger charge is -2.08. The fourth-order valence-electron chi connectivity index (χ4n) is 1.63. The van der Waals surface area contributed by atoms with E-state index < -0.39 is 0 Å². The zero-order chi connectivity index (χ0) is 12.5. The van der Waals surface area contributed by atoms with Crippen LogP contribution in [0.25, 0.3) is 0 Å². The van der Waals surface area contributed by atoms with Crippen molar-refractivity contribution >= 4 is 11.6 Å². The molecule has 1 aromatic carbocycles. The van der Waals surface area contributed by atoms with E-state index in [9.17, 15) is 0 Å². The Balaban J connectivity index is 2.14. The lowest BCUT2D eigenvalue weighted by atomic mass is 10.1. The van der Waals surface area contributed by atoms with E-state index in [2.05, 4.69) is 25.2 Å². The van der Waals surface area contributed by atoms with Gasteiger partial charge in [0.1, 0.15) is 0 Å². The summed E-state index contributed by atoms with van der Waals surface area (Å²) in [5.41, 5.74) is 2.55. The average molecular weight is 256 g/mol. The molecule has 3 heteroatoms. The molecule has 1 aromatic rings. The van der Waals surface area contributed by atoms with Crippen LogP contribution in [-0.2, 0) is 11.3 Å². The number of nitrogens with one attached hydrogen (secondary N) is 1. The molecule has 2 nitrogen and oxygen atoms in total. The van der Waals surface area contributed by atoms with Gasteiger partial charge in [-0.15, -0.1) is 0 Å². The van der Waals surface area contributed by atoms with Crippen LogP contribution in [0.5, 0.6) is 0 Å². The standard InChI is InChI=1S/C14H22ClNO/c1-3-8-17-9-4-7-16-11-13-5-6-14(15)10-12(13)2/h5-6,10,16H,3-4,7-9,11H2,1-2H3. The molecule has 0 fully saturated rings. The summed E-state index contributed by atoms with van der Waals surface area (Å²) in [7, 11) is 0. The summed E-state index contributed by atoms with van der Waals surface area (Å²) in [6.45, 7) is 7.83. The Morgan fingerprint density at radius 3 is 2.82 bits per heavy atom. The topological polar surface area (TPSA) is 21.3 Å². The maximum Gasteiger partial charge on any atom is 0.0478 e. The third kappa shape index (κ3) is 6.06. The molecule has 0 saturated carbocycles. The van der Waals surface area contributed by atoms with Crippen LogP contribution in [0.1, 0.15) is 30.9 Å². The normalized spacial score (nSPS) is 10.8. The Morgan fingerprint density at radius 1 is 1.29 bits per heavy atom. The number of benzene rings is 1. The van der Waals surface area contributed by atoms with E-state index in [1.54, 1.807) is 0 Å². The van der Waals surface area contributed by atoms with Gasteiger partial charge in [0.2, 0.25) is 0 Å². The highest BCUT2D eigenvalue weighted by Crippen LogP contribution is 2.14. The van der Waals surface area contributed by atoms with Crippen molar-refractivity contribution < 1.29 is 4.74 Å². The van der Waals surface area contributed by atoms with Crippen LogP contribution in [0.2, 0.25) is 5.02 Å². The number of ether oxygens (including phenoxy) is 1. The molecule has 0 saturated heterocycles. The van der Waals surface area contributed by atoms with Crippen molar-refractivity contribution in [3.63, 3.8) is 0 Å². The zero-order valence-electron chi connectivity index (χ0n) is 10.8. The summed E-state index contributed by atoms with van der Waals surface area (Å²) in [4.78, 5) is 0. The molecule has 0 unspecified atom stereocenters. The Labute approximate surface area is 109 Å². The van der Waals surface area contributed by atoms with Gasteiger partial charge in [0.05, 0.1) is 0 Å². The molecule has 0 amide bonds. The van der Waals surface area contributed by atoms with Crippen LogP contribution in [0.3, 0.4) is 0 Å². The van der Waals surface area contributed by atoms with Gasteiger partial charge in [-0.1, -0.05) is 24.6 Å². The third-order valence-electron chi connectivity index (χ3n) is 2.61. The first-order valence-electron chi connectivity index (χ1n) is 6.27. The summed E-state index contributed by atoms with van der Waals surface area (Å²) in [5.74, 6) is 0. The van der Waals surface area contributed by atoms with E-state index in [-0.39, 0.29) is 0 Å². The Hall–Kier alpha value is -0.570. The van der Waals surface area contributed by atoms with Gasteiger partial charge in [0.25, 0.3) is 0 Å². The van der Waals surface area contributed by atoms with E-state index in [1.165, 1.54) is 11.1 Å². The van der Waals surface area contributed by atoms with Crippen LogP contribution in [0.15, 0.2) is 18.2 Å².